The minimum Gasteiger partial charge on any atom is -0.410 e. The van der Waals surface area contributed by atoms with Gasteiger partial charge in [-0.25, -0.2) is 8.42 Å². The molecule has 0 aliphatic heterocycles. The van der Waals surface area contributed by atoms with Crippen LogP contribution in [0.3, 0.4) is 0 Å². The molecule has 0 saturated carbocycles. The monoisotopic (exact) mass is 252 g/mol. The third-order valence-electron chi connectivity index (χ3n) is 2.38. The lowest BCUT2D eigenvalue weighted by Gasteiger charge is -2.07. The van der Waals surface area contributed by atoms with Gasteiger partial charge in [0.25, 0.3) is 0 Å². The third kappa shape index (κ3) is 2.63. The van der Waals surface area contributed by atoms with Gasteiger partial charge in [0.05, 0.1) is 10.6 Å². The highest BCUT2D eigenvalue weighted by Gasteiger charge is 2.16. The average molecular weight is 252 g/mol. The van der Waals surface area contributed by atoms with Crippen LogP contribution in [0.25, 0.3) is 0 Å². The minimum absolute atomic E-state index is 0.0184. The van der Waals surface area contributed by atoms with Crippen LogP contribution in [-0.4, -0.2) is 25.1 Å². The molecule has 0 saturated heterocycles. The lowest BCUT2D eigenvalue weighted by atomic mass is 10.1. The first-order valence-electron chi connectivity index (χ1n) is 4.92. The predicted molar refractivity (Wildman–Crippen MR) is 62.8 cm³/mol. The van der Waals surface area contributed by atoms with Gasteiger partial charge in [-0.3, -0.25) is 0 Å². The second-order valence-corrected chi connectivity index (χ2v) is 5.69. The van der Waals surface area contributed by atoms with Crippen molar-refractivity contribution in [1.29, 1.82) is 5.26 Å². The smallest absolute Gasteiger partial charge is 0.186 e. The van der Waals surface area contributed by atoms with Crippen molar-refractivity contribution in [3.05, 3.63) is 29.3 Å². The number of aryl methyl sites for hydroxylation is 1. The van der Waals surface area contributed by atoms with Gasteiger partial charge in [0.15, 0.2) is 15.5 Å². The van der Waals surface area contributed by atoms with E-state index in [-0.39, 0.29) is 21.9 Å². The number of hydrogen-bond donors (Lipinski definition) is 1. The van der Waals surface area contributed by atoms with E-state index in [0.717, 1.165) is 0 Å². The van der Waals surface area contributed by atoms with E-state index in [1.165, 1.54) is 6.07 Å². The molecule has 1 rings (SSSR count). The van der Waals surface area contributed by atoms with E-state index in [9.17, 15) is 8.42 Å². The second-order valence-electron chi connectivity index (χ2n) is 3.44. The maximum absolute atomic E-state index is 11.8. The number of oxime groups is 1. The first-order chi connectivity index (χ1) is 7.96. The van der Waals surface area contributed by atoms with Crippen LogP contribution in [0, 0.1) is 18.3 Å². The summed E-state index contributed by atoms with van der Waals surface area (Å²) in [5, 5.41) is 20.1. The molecule has 0 aliphatic carbocycles. The molecule has 5 nitrogen and oxygen atoms in total. The molecule has 0 spiro atoms. The zero-order valence-corrected chi connectivity index (χ0v) is 10.3. The first kappa shape index (κ1) is 13.2. The summed E-state index contributed by atoms with van der Waals surface area (Å²) >= 11 is 0. The summed E-state index contributed by atoms with van der Waals surface area (Å²) in [6.07, 6.45) is 0. The van der Waals surface area contributed by atoms with E-state index >= 15 is 0 Å². The van der Waals surface area contributed by atoms with Crippen LogP contribution in [0.15, 0.2) is 28.3 Å². The Kier molecular flexibility index (Phi) is 3.86. The Morgan fingerprint density at radius 1 is 1.53 bits per heavy atom. The standard InChI is InChI=1S/C11H12N2O3S/c1-3-17(15,16)11-6-9(5-4-8(11)2)10(7-12)13-14/h4-6,14H,3H2,1-2H3/b13-10+. The highest BCUT2D eigenvalue weighted by Crippen LogP contribution is 2.18. The summed E-state index contributed by atoms with van der Waals surface area (Å²) < 4.78 is 23.6. The Morgan fingerprint density at radius 3 is 2.65 bits per heavy atom. The first-order valence-corrected chi connectivity index (χ1v) is 6.57. The molecule has 90 valence electrons. The van der Waals surface area contributed by atoms with Gasteiger partial charge in [-0.05, 0) is 18.6 Å². The Balaban J connectivity index is 3.46. The Hall–Kier alpha value is -1.87. The van der Waals surface area contributed by atoms with Gasteiger partial charge in [0.2, 0.25) is 0 Å². The summed E-state index contributed by atoms with van der Waals surface area (Å²) in [5.74, 6) is -0.0184. The highest BCUT2D eigenvalue weighted by atomic mass is 32.2. The quantitative estimate of drug-likeness (QED) is 0.501. The van der Waals surface area contributed by atoms with Crippen molar-refractivity contribution in [2.45, 2.75) is 18.7 Å². The molecule has 0 fully saturated rings. The second kappa shape index (κ2) is 4.97. The number of benzene rings is 1. The van der Waals surface area contributed by atoms with Gasteiger partial charge in [-0.15, -0.1) is 0 Å². The largest absolute Gasteiger partial charge is 0.410 e. The minimum atomic E-state index is -3.35. The molecule has 0 heterocycles. The molecule has 6 heteroatoms. The van der Waals surface area contributed by atoms with Crippen LogP contribution in [0.4, 0.5) is 0 Å². The van der Waals surface area contributed by atoms with Crippen molar-refractivity contribution in [3.63, 3.8) is 0 Å². The van der Waals surface area contributed by atoms with Gasteiger partial charge in [0.1, 0.15) is 6.07 Å². The maximum atomic E-state index is 11.8. The number of nitrogens with zero attached hydrogens (tertiary/aromatic N) is 2. The molecule has 0 aromatic heterocycles. The fourth-order valence-corrected chi connectivity index (χ4v) is 2.56. The molecule has 1 N–H and O–H groups in total. The van der Waals surface area contributed by atoms with E-state index in [1.54, 1.807) is 32.0 Å². The van der Waals surface area contributed by atoms with Crippen LogP contribution in [-0.2, 0) is 9.84 Å². The van der Waals surface area contributed by atoms with Crippen LogP contribution >= 0.6 is 0 Å². The van der Waals surface area contributed by atoms with Crippen LogP contribution in [0.2, 0.25) is 0 Å². The Morgan fingerprint density at radius 2 is 2.18 bits per heavy atom. The molecule has 0 aliphatic rings. The molecular weight excluding hydrogens is 240 g/mol. The fraction of sp³-hybridized carbons (Fsp3) is 0.273. The summed E-state index contributed by atoms with van der Waals surface area (Å²) in [6, 6.07) is 6.17. The van der Waals surface area contributed by atoms with Crippen molar-refractivity contribution in [1.82, 2.24) is 0 Å². The third-order valence-corrected chi connectivity index (χ3v) is 4.25. The highest BCUT2D eigenvalue weighted by molar-refractivity contribution is 7.91. The molecule has 0 unspecified atom stereocenters. The number of sulfone groups is 1. The zero-order chi connectivity index (χ0) is 13.1. The van der Waals surface area contributed by atoms with E-state index in [2.05, 4.69) is 5.16 Å². The number of nitriles is 1. The summed E-state index contributed by atoms with van der Waals surface area (Å²) in [5.41, 5.74) is 0.677. The molecule has 0 atom stereocenters. The maximum Gasteiger partial charge on any atom is 0.186 e. The van der Waals surface area contributed by atoms with Gasteiger partial charge >= 0.3 is 0 Å². The Labute approximate surface area is 99.9 Å². The summed E-state index contributed by atoms with van der Waals surface area (Å²) in [7, 11) is -3.35. The predicted octanol–water partition coefficient (Wildman–Crippen LogP) is 1.49. The average Bonchev–Trinajstić information content (AvgIpc) is 2.32. The normalized spacial score (nSPS) is 12.2. The van der Waals surface area contributed by atoms with E-state index < -0.39 is 9.84 Å². The lowest BCUT2D eigenvalue weighted by Crippen LogP contribution is -2.08. The number of rotatable bonds is 3. The van der Waals surface area contributed by atoms with E-state index in [4.69, 9.17) is 10.5 Å². The van der Waals surface area contributed by atoms with Crippen molar-refractivity contribution in [2.24, 2.45) is 5.16 Å². The molecule has 0 radical (unpaired) electrons. The topological polar surface area (TPSA) is 90.5 Å². The van der Waals surface area contributed by atoms with Crippen LogP contribution < -0.4 is 0 Å². The van der Waals surface area contributed by atoms with Crippen molar-refractivity contribution in [2.75, 3.05) is 5.75 Å². The SMILES string of the molecule is CCS(=O)(=O)c1cc(/C(C#N)=N/O)ccc1C. The van der Waals surface area contributed by atoms with Gasteiger partial charge < -0.3 is 5.21 Å². The fourth-order valence-electron chi connectivity index (χ4n) is 1.38. The van der Waals surface area contributed by atoms with Gasteiger partial charge in [-0.2, -0.15) is 5.26 Å². The Bertz CT molecular complexity index is 598. The van der Waals surface area contributed by atoms with Crippen LogP contribution in [0.1, 0.15) is 18.1 Å². The van der Waals surface area contributed by atoms with E-state index in [1.807, 2.05) is 0 Å². The van der Waals surface area contributed by atoms with Gasteiger partial charge in [0, 0.05) is 5.56 Å². The van der Waals surface area contributed by atoms with Gasteiger partial charge in [-0.1, -0.05) is 24.2 Å². The van der Waals surface area contributed by atoms with E-state index in [0.29, 0.717) is 5.56 Å². The molecule has 1 aromatic carbocycles. The number of hydrogen-bond acceptors (Lipinski definition) is 5. The van der Waals surface area contributed by atoms with Crippen molar-refractivity contribution < 1.29 is 13.6 Å². The van der Waals surface area contributed by atoms with Crippen molar-refractivity contribution in [3.8, 4) is 6.07 Å². The van der Waals surface area contributed by atoms with Crippen molar-refractivity contribution >= 4 is 15.5 Å². The molecule has 0 amide bonds. The molecule has 0 bridgehead atoms. The van der Waals surface area contributed by atoms with Crippen LogP contribution in [0.5, 0.6) is 0 Å². The zero-order valence-electron chi connectivity index (χ0n) is 9.51. The molecule has 1 aromatic rings. The molecular formula is C11H12N2O3S. The lowest BCUT2D eigenvalue weighted by molar-refractivity contribution is 0.320. The summed E-state index contributed by atoms with van der Waals surface area (Å²) in [4.78, 5) is 0.161. The summed E-state index contributed by atoms with van der Waals surface area (Å²) in [6.45, 7) is 3.22. The molecule has 17 heavy (non-hydrogen) atoms.